The van der Waals surface area contributed by atoms with Crippen molar-refractivity contribution >= 4 is 5.69 Å². The van der Waals surface area contributed by atoms with E-state index in [1.165, 1.54) is 0 Å². The number of ether oxygens (including phenoxy) is 3. The van der Waals surface area contributed by atoms with E-state index in [4.69, 9.17) is 14.2 Å². The Hall–Kier alpha value is -2.28. The maximum atomic E-state index is 10.4. The van der Waals surface area contributed by atoms with Crippen molar-refractivity contribution in [2.75, 3.05) is 51.8 Å². The molecular weight excluding hydrogens is 368 g/mol. The molecule has 29 heavy (non-hydrogen) atoms. The molecule has 6 heteroatoms. The molecule has 6 nitrogen and oxygen atoms in total. The van der Waals surface area contributed by atoms with Crippen LogP contribution in [0.1, 0.15) is 12.5 Å². The quantitative estimate of drug-likeness (QED) is 0.662. The molecule has 0 aromatic heterocycles. The second-order valence-electron chi connectivity index (χ2n) is 7.45. The molecule has 0 unspecified atom stereocenters. The number of hydrogen-bond donors (Lipinski definition) is 1. The second kappa shape index (κ2) is 10.5. The highest BCUT2D eigenvalue weighted by Crippen LogP contribution is 2.32. The standard InChI is InChI=1S/C23H32N2O4/c1-4-25-15-20(29-23-12-8-6-10-21(23)25)14-24(2)13-19(26)17-28-16-18-9-5-7-11-22(18)27-3/h5-12,19-20,26H,4,13-17H2,1-3H3/t19-,20+/m0/s1. The van der Waals surface area contributed by atoms with E-state index in [-0.39, 0.29) is 12.7 Å². The first-order valence-corrected chi connectivity index (χ1v) is 10.2. The van der Waals surface area contributed by atoms with E-state index in [1.54, 1.807) is 7.11 Å². The summed E-state index contributed by atoms with van der Waals surface area (Å²) in [5.41, 5.74) is 2.13. The van der Waals surface area contributed by atoms with Crippen LogP contribution < -0.4 is 14.4 Å². The van der Waals surface area contributed by atoms with Gasteiger partial charge in [0.05, 0.1) is 38.7 Å². The van der Waals surface area contributed by atoms with Crippen LogP contribution in [0.15, 0.2) is 48.5 Å². The van der Waals surface area contributed by atoms with Gasteiger partial charge in [-0.05, 0) is 32.2 Å². The van der Waals surface area contributed by atoms with Crippen molar-refractivity contribution in [3.05, 3.63) is 54.1 Å². The van der Waals surface area contributed by atoms with Crippen molar-refractivity contribution in [3.8, 4) is 11.5 Å². The monoisotopic (exact) mass is 400 g/mol. The lowest BCUT2D eigenvalue weighted by atomic mass is 10.1. The van der Waals surface area contributed by atoms with Crippen molar-refractivity contribution in [1.82, 2.24) is 4.90 Å². The van der Waals surface area contributed by atoms with Crippen molar-refractivity contribution < 1.29 is 19.3 Å². The fraction of sp³-hybridized carbons (Fsp3) is 0.478. The second-order valence-corrected chi connectivity index (χ2v) is 7.45. The molecule has 2 aromatic rings. The van der Waals surface area contributed by atoms with E-state index in [9.17, 15) is 5.11 Å². The van der Waals surface area contributed by atoms with E-state index in [1.807, 2.05) is 49.5 Å². The Bertz CT molecular complexity index is 770. The van der Waals surface area contributed by atoms with E-state index < -0.39 is 6.10 Å². The summed E-state index contributed by atoms with van der Waals surface area (Å²) in [6.07, 6.45) is -0.496. The van der Waals surface area contributed by atoms with Crippen LogP contribution in [0.4, 0.5) is 5.69 Å². The summed E-state index contributed by atoms with van der Waals surface area (Å²) < 4.78 is 17.2. The van der Waals surface area contributed by atoms with Gasteiger partial charge in [0.2, 0.25) is 0 Å². The lowest BCUT2D eigenvalue weighted by Crippen LogP contribution is -2.47. The summed E-state index contributed by atoms with van der Waals surface area (Å²) in [5.74, 6) is 1.73. The van der Waals surface area contributed by atoms with E-state index >= 15 is 0 Å². The Kier molecular flexibility index (Phi) is 7.75. The third-order valence-electron chi connectivity index (χ3n) is 5.10. The first kappa shape index (κ1) is 21.4. The van der Waals surface area contributed by atoms with Crippen LogP contribution in [0.5, 0.6) is 11.5 Å². The highest BCUT2D eigenvalue weighted by Gasteiger charge is 2.25. The van der Waals surface area contributed by atoms with Crippen LogP contribution in [0.3, 0.4) is 0 Å². The molecule has 0 saturated heterocycles. The van der Waals surface area contributed by atoms with Crippen LogP contribution in [-0.4, -0.2) is 69.2 Å². The molecule has 0 bridgehead atoms. The van der Waals surface area contributed by atoms with E-state index in [0.29, 0.717) is 13.2 Å². The van der Waals surface area contributed by atoms with Crippen LogP contribution in [0, 0.1) is 0 Å². The molecule has 1 aliphatic heterocycles. The smallest absolute Gasteiger partial charge is 0.143 e. The highest BCUT2D eigenvalue weighted by molar-refractivity contribution is 5.60. The molecule has 1 heterocycles. The molecule has 2 atom stereocenters. The average molecular weight is 401 g/mol. The number of hydrogen-bond acceptors (Lipinski definition) is 6. The van der Waals surface area contributed by atoms with Crippen LogP contribution in [0.25, 0.3) is 0 Å². The Balaban J connectivity index is 1.44. The van der Waals surface area contributed by atoms with Crippen LogP contribution in [-0.2, 0) is 11.3 Å². The van der Waals surface area contributed by atoms with Gasteiger partial charge in [-0.25, -0.2) is 0 Å². The number of methoxy groups -OCH3 is 1. The zero-order valence-corrected chi connectivity index (χ0v) is 17.6. The zero-order chi connectivity index (χ0) is 20.6. The lowest BCUT2D eigenvalue weighted by Gasteiger charge is -2.37. The minimum atomic E-state index is -0.562. The molecule has 2 aromatic carbocycles. The first-order chi connectivity index (χ1) is 14.1. The fourth-order valence-corrected chi connectivity index (χ4v) is 3.74. The topological polar surface area (TPSA) is 54.4 Å². The summed E-state index contributed by atoms with van der Waals surface area (Å²) in [6, 6.07) is 15.9. The molecule has 0 amide bonds. The van der Waals surface area contributed by atoms with Gasteiger partial charge in [0.25, 0.3) is 0 Å². The number of fused-ring (bicyclic) bond motifs is 1. The minimum Gasteiger partial charge on any atom is -0.496 e. The zero-order valence-electron chi connectivity index (χ0n) is 17.6. The van der Waals surface area contributed by atoms with Crippen LogP contribution in [0.2, 0.25) is 0 Å². The van der Waals surface area contributed by atoms with Crippen molar-refractivity contribution in [3.63, 3.8) is 0 Å². The van der Waals surface area contributed by atoms with Crippen molar-refractivity contribution in [2.24, 2.45) is 0 Å². The number of para-hydroxylation sites is 3. The van der Waals surface area contributed by atoms with E-state index in [2.05, 4.69) is 22.8 Å². The number of aliphatic hydroxyl groups excluding tert-OH is 1. The third kappa shape index (κ3) is 5.85. The van der Waals surface area contributed by atoms with Gasteiger partial charge in [0.15, 0.2) is 0 Å². The van der Waals surface area contributed by atoms with Crippen molar-refractivity contribution in [1.29, 1.82) is 0 Å². The predicted molar refractivity (Wildman–Crippen MR) is 115 cm³/mol. The predicted octanol–water partition coefficient (Wildman–Crippen LogP) is 2.79. The van der Waals surface area contributed by atoms with Gasteiger partial charge in [-0.15, -0.1) is 0 Å². The summed E-state index contributed by atoms with van der Waals surface area (Å²) in [5, 5.41) is 10.4. The summed E-state index contributed by atoms with van der Waals surface area (Å²) >= 11 is 0. The van der Waals surface area contributed by atoms with Gasteiger partial charge in [-0.1, -0.05) is 30.3 Å². The first-order valence-electron chi connectivity index (χ1n) is 10.2. The van der Waals surface area contributed by atoms with Gasteiger partial charge in [-0.2, -0.15) is 0 Å². The molecule has 0 aliphatic carbocycles. The lowest BCUT2D eigenvalue weighted by molar-refractivity contribution is 0.00821. The molecule has 158 valence electrons. The minimum absolute atomic E-state index is 0.0662. The SMILES string of the molecule is CCN1C[C@@H](CN(C)C[C@H](O)COCc2ccccc2OC)Oc2ccccc21. The molecule has 0 spiro atoms. The molecular formula is C23H32N2O4. The van der Waals surface area contributed by atoms with Gasteiger partial charge in [0.1, 0.15) is 17.6 Å². The summed E-state index contributed by atoms with van der Waals surface area (Å²) in [6.45, 7) is 5.91. The Morgan fingerprint density at radius 2 is 1.97 bits per heavy atom. The number of aliphatic hydroxyl groups is 1. The molecule has 3 rings (SSSR count). The molecule has 1 N–H and O–H groups in total. The third-order valence-corrected chi connectivity index (χ3v) is 5.10. The number of rotatable bonds is 10. The Morgan fingerprint density at radius 1 is 1.21 bits per heavy atom. The highest BCUT2D eigenvalue weighted by atomic mass is 16.5. The number of anilines is 1. The molecule has 0 radical (unpaired) electrons. The number of nitrogens with zero attached hydrogens (tertiary/aromatic N) is 2. The maximum Gasteiger partial charge on any atom is 0.143 e. The van der Waals surface area contributed by atoms with Crippen LogP contribution >= 0.6 is 0 Å². The molecule has 0 saturated carbocycles. The number of likely N-dealkylation sites (N-methyl/N-ethyl adjacent to an activating group) is 2. The molecule has 1 aliphatic rings. The van der Waals surface area contributed by atoms with Gasteiger partial charge in [-0.3, -0.25) is 4.90 Å². The fourth-order valence-electron chi connectivity index (χ4n) is 3.74. The van der Waals surface area contributed by atoms with Gasteiger partial charge in [0, 0.05) is 25.2 Å². The average Bonchev–Trinajstić information content (AvgIpc) is 2.73. The summed E-state index contributed by atoms with van der Waals surface area (Å²) in [7, 11) is 3.65. The summed E-state index contributed by atoms with van der Waals surface area (Å²) in [4.78, 5) is 4.44. The Morgan fingerprint density at radius 3 is 2.76 bits per heavy atom. The maximum absolute atomic E-state index is 10.4. The molecule has 0 fully saturated rings. The van der Waals surface area contributed by atoms with Gasteiger partial charge >= 0.3 is 0 Å². The van der Waals surface area contributed by atoms with Crippen molar-refractivity contribution in [2.45, 2.75) is 25.7 Å². The normalized spacial score (nSPS) is 17.0. The number of benzene rings is 2. The Labute approximate surface area is 173 Å². The largest absolute Gasteiger partial charge is 0.496 e. The van der Waals surface area contributed by atoms with Gasteiger partial charge < -0.3 is 24.2 Å². The van der Waals surface area contributed by atoms with E-state index in [0.717, 1.165) is 42.4 Å².